The second kappa shape index (κ2) is 8.63. The number of rotatable bonds is 6. The van der Waals surface area contributed by atoms with Crippen LogP contribution in [0.5, 0.6) is 0 Å². The quantitative estimate of drug-likeness (QED) is 0.503. The molecule has 3 nitrogen and oxygen atoms in total. The van der Waals surface area contributed by atoms with E-state index in [0.29, 0.717) is 5.69 Å². The molecule has 0 bridgehead atoms. The van der Waals surface area contributed by atoms with Crippen LogP contribution in [-0.4, -0.2) is 12.2 Å². The highest BCUT2D eigenvalue weighted by molar-refractivity contribution is 5.73. The molecule has 6 heteroatoms. The number of anilines is 1. The Bertz CT molecular complexity index is 849. The number of halogens is 3. The number of hydrogen-bond donors (Lipinski definition) is 1. The van der Waals surface area contributed by atoms with Gasteiger partial charge in [-0.15, -0.1) is 0 Å². The second-order valence-electron chi connectivity index (χ2n) is 6.18. The molecule has 0 aliphatic heterocycles. The van der Waals surface area contributed by atoms with Crippen LogP contribution in [0.25, 0.3) is 5.76 Å². The van der Waals surface area contributed by atoms with Crippen LogP contribution < -0.4 is 4.90 Å². The number of benzene rings is 2. The maximum atomic E-state index is 13.2. The fourth-order valence-electron chi connectivity index (χ4n) is 2.75. The number of unbranched alkanes of at least 4 members (excludes halogenated alkanes) is 1. The third-order valence-corrected chi connectivity index (χ3v) is 4.30. The smallest absolute Gasteiger partial charge is 0.417 e. The van der Waals surface area contributed by atoms with Gasteiger partial charge in [0.15, 0.2) is 11.5 Å². The van der Waals surface area contributed by atoms with Gasteiger partial charge in [0.1, 0.15) is 6.07 Å². The van der Waals surface area contributed by atoms with E-state index in [0.717, 1.165) is 37.0 Å². The molecule has 2 aromatic carbocycles. The zero-order chi connectivity index (χ0) is 20.0. The minimum absolute atomic E-state index is 0.256. The number of alkyl halides is 3. The van der Waals surface area contributed by atoms with Gasteiger partial charge in [0.05, 0.1) is 5.56 Å². The Morgan fingerprint density at radius 1 is 1.11 bits per heavy atom. The maximum Gasteiger partial charge on any atom is 0.417 e. The number of hydrogen-bond acceptors (Lipinski definition) is 3. The van der Waals surface area contributed by atoms with Crippen molar-refractivity contribution in [1.29, 1.82) is 5.26 Å². The summed E-state index contributed by atoms with van der Waals surface area (Å²) in [7, 11) is 1.53. The number of aryl methyl sites for hydroxylation is 1. The summed E-state index contributed by atoms with van der Waals surface area (Å²) in [6.45, 7) is 2.10. The summed E-state index contributed by atoms with van der Waals surface area (Å²) >= 11 is 0. The first-order valence-corrected chi connectivity index (χ1v) is 8.62. The third-order valence-electron chi connectivity index (χ3n) is 4.30. The molecule has 0 radical (unpaired) electrons. The highest BCUT2D eigenvalue weighted by atomic mass is 19.4. The van der Waals surface area contributed by atoms with Crippen LogP contribution in [0.4, 0.5) is 18.9 Å². The third kappa shape index (κ3) is 4.82. The highest BCUT2D eigenvalue weighted by Gasteiger charge is 2.34. The van der Waals surface area contributed by atoms with Gasteiger partial charge in [-0.1, -0.05) is 43.7 Å². The lowest BCUT2D eigenvalue weighted by molar-refractivity contribution is -0.137. The Morgan fingerprint density at radius 2 is 1.74 bits per heavy atom. The molecule has 0 atom stereocenters. The number of nitrogens with zero attached hydrogens (tertiary/aromatic N) is 2. The first-order chi connectivity index (χ1) is 12.8. The minimum Gasteiger partial charge on any atom is -0.504 e. The molecule has 0 heterocycles. The summed E-state index contributed by atoms with van der Waals surface area (Å²) in [6, 6.07) is 13.9. The first kappa shape index (κ1) is 20.4. The number of aliphatic hydroxyl groups excluding tert-OH is 1. The van der Waals surface area contributed by atoms with Crippen LogP contribution in [0, 0.1) is 11.3 Å². The van der Waals surface area contributed by atoms with Gasteiger partial charge in [-0.05, 0) is 36.6 Å². The van der Waals surface area contributed by atoms with E-state index in [4.69, 9.17) is 0 Å². The Hall–Kier alpha value is -2.94. The Kier molecular flexibility index (Phi) is 6.51. The van der Waals surface area contributed by atoms with Gasteiger partial charge < -0.3 is 10.0 Å². The van der Waals surface area contributed by atoms with Crippen molar-refractivity contribution in [2.75, 3.05) is 11.9 Å². The van der Waals surface area contributed by atoms with E-state index in [1.165, 1.54) is 24.1 Å². The summed E-state index contributed by atoms with van der Waals surface area (Å²) in [5, 5.41) is 19.9. The van der Waals surface area contributed by atoms with Crippen LogP contribution in [0.2, 0.25) is 0 Å². The molecule has 142 valence electrons. The lowest BCUT2D eigenvalue weighted by atomic mass is 10.0. The average Bonchev–Trinajstić information content (AvgIpc) is 2.66. The number of allylic oxidation sites excluding steroid dienone is 1. The van der Waals surface area contributed by atoms with Crippen molar-refractivity contribution in [3.63, 3.8) is 0 Å². The standard InChI is InChI=1S/C21H21F3N2O/c1-3-4-7-15-10-12-16(13-11-15)26(2)19(14-25)20(27)17-8-5-6-9-18(17)21(22,23)24/h5-6,8-13,27H,3-4,7H2,1-2H3/b20-19-. The van der Waals surface area contributed by atoms with Crippen molar-refractivity contribution in [1.82, 2.24) is 0 Å². The fourth-order valence-corrected chi connectivity index (χ4v) is 2.75. The van der Waals surface area contributed by atoms with Gasteiger partial charge in [-0.3, -0.25) is 0 Å². The maximum absolute atomic E-state index is 13.2. The minimum atomic E-state index is -4.63. The summed E-state index contributed by atoms with van der Waals surface area (Å²) in [5.74, 6) is -0.706. The second-order valence-corrected chi connectivity index (χ2v) is 6.18. The van der Waals surface area contributed by atoms with E-state index in [2.05, 4.69) is 6.92 Å². The van der Waals surface area contributed by atoms with E-state index in [-0.39, 0.29) is 5.70 Å². The van der Waals surface area contributed by atoms with Crippen LogP contribution in [0.15, 0.2) is 54.2 Å². The number of aliphatic hydroxyl groups is 1. The Morgan fingerprint density at radius 3 is 2.30 bits per heavy atom. The van der Waals surface area contributed by atoms with Crippen molar-refractivity contribution in [3.05, 3.63) is 70.9 Å². The van der Waals surface area contributed by atoms with Crippen LogP contribution in [0.3, 0.4) is 0 Å². The average molecular weight is 374 g/mol. The first-order valence-electron chi connectivity index (χ1n) is 8.62. The molecule has 0 unspecified atom stereocenters. The summed E-state index contributed by atoms with van der Waals surface area (Å²) < 4.78 is 39.6. The van der Waals surface area contributed by atoms with Crippen molar-refractivity contribution in [2.24, 2.45) is 0 Å². The van der Waals surface area contributed by atoms with Crippen molar-refractivity contribution >= 4 is 11.4 Å². The summed E-state index contributed by atoms with van der Waals surface area (Å²) in [6.07, 6.45) is -1.56. The molecule has 0 aromatic heterocycles. The zero-order valence-electron chi connectivity index (χ0n) is 15.2. The molecule has 0 saturated carbocycles. The molecular formula is C21H21F3N2O. The molecule has 0 aliphatic rings. The van der Waals surface area contributed by atoms with Crippen molar-refractivity contribution < 1.29 is 18.3 Å². The van der Waals surface area contributed by atoms with Gasteiger partial charge in [-0.25, -0.2) is 0 Å². The molecule has 2 rings (SSSR count). The van der Waals surface area contributed by atoms with E-state index >= 15 is 0 Å². The summed E-state index contributed by atoms with van der Waals surface area (Å²) in [5.41, 5.74) is 0.0745. The lowest BCUT2D eigenvalue weighted by Crippen LogP contribution is -2.18. The van der Waals surface area contributed by atoms with Gasteiger partial charge >= 0.3 is 6.18 Å². The molecule has 1 N–H and O–H groups in total. The Labute approximate surface area is 157 Å². The van der Waals surface area contributed by atoms with Crippen LogP contribution in [0.1, 0.15) is 36.5 Å². The van der Waals surface area contributed by atoms with E-state index in [1.807, 2.05) is 18.2 Å². The monoisotopic (exact) mass is 374 g/mol. The Balaban J connectivity index is 2.42. The fraction of sp³-hybridized carbons (Fsp3) is 0.286. The van der Waals surface area contributed by atoms with Gasteiger partial charge in [-0.2, -0.15) is 18.4 Å². The SMILES string of the molecule is CCCCc1ccc(N(C)/C(C#N)=C(\O)c2ccccc2C(F)(F)F)cc1. The van der Waals surface area contributed by atoms with E-state index < -0.39 is 23.1 Å². The molecule has 0 fully saturated rings. The van der Waals surface area contributed by atoms with Crippen LogP contribution >= 0.6 is 0 Å². The normalized spacial score (nSPS) is 12.3. The molecule has 0 aliphatic carbocycles. The zero-order valence-corrected chi connectivity index (χ0v) is 15.2. The molecular weight excluding hydrogens is 353 g/mol. The van der Waals surface area contributed by atoms with Gasteiger partial charge in [0.25, 0.3) is 0 Å². The predicted octanol–water partition coefficient (Wildman–Crippen LogP) is 5.93. The van der Waals surface area contributed by atoms with Gasteiger partial charge in [0.2, 0.25) is 0 Å². The van der Waals surface area contributed by atoms with Crippen molar-refractivity contribution in [3.8, 4) is 6.07 Å². The summed E-state index contributed by atoms with van der Waals surface area (Å²) in [4.78, 5) is 1.38. The predicted molar refractivity (Wildman–Crippen MR) is 100 cm³/mol. The number of nitriles is 1. The lowest BCUT2D eigenvalue weighted by Gasteiger charge is -2.21. The molecule has 0 amide bonds. The van der Waals surface area contributed by atoms with Crippen LogP contribution in [-0.2, 0) is 12.6 Å². The molecule has 2 aromatic rings. The highest BCUT2D eigenvalue weighted by Crippen LogP contribution is 2.35. The molecule has 27 heavy (non-hydrogen) atoms. The van der Waals surface area contributed by atoms with Crippen molar-refractivity contribution in [2.45, 2.75) is 32.4 Å². The largest absolute Gasteiger partial charge is 0.504 e. The van der Waals surface area contributed by atoms with Gasteiger partial charge in [0, 0.05) is 18.3 Å². The molecule has 0 saturated heterocycles. The molecule has 0 spiro atoms. The topological polar surface area (TPSA) is 47.3 Å². The van der Waals surface area contributed by atoms with E-state index in [1.54, 1.807) is 12.1 Å². The van der Waals surface area contributed by atoms with E-state index in [9.17, 15) is 23.5 Å².